The Labute approximate surface area is 233 Å². The van der Waals surface area contributed by atoms with Crippen molar-refractivity contribution in [2.75, 3.05) is 48.3 Å². The summed E-state index contributed by atoms with van der Waals surface area (Å²) in [4.78, 5) is 59.8. The van der Waals surface area contributed by atoms with E-state index in [4.69, 9.17) is 19.9 Å². The van der Waals surface area contributed by atoms with E-state index in [9.17, 15) is 14.4 Å². The van der Waals surface area contributed by atoms with Crippen LogP contribution in [0.25, 0.3) is 0 Å². The monoisotopic (exact) mass is 558 g/mol. The molecule has 0 bridgehead atoms. The smallest absolute Gasteiger partial charge is 0.420 e. The van der Waals surface area contributed by atoms with Crippen molar-refractivity contribution >= 4 is 35.9 Å². The molecule has 14 nitrogen and oxygen atoms in total. The van der Waals surface area contributed by atoms with E-state index in [0.717, 1.165) is 4.90 Å². The van der Waals surface area contributed by atoms with Gasteiger partial charge in [-0.3, -0.25) is 0 Å². The van der Waals surface area contributed by atoms with E-state index in [1.54, 1.807) is 60.9 Å². The number of amides is 2. The Morgan fingerprint density at radius 1 is 0.850 bits per heavy atom. The number of imide groups is 1. The molecule has 14 heteroatoms. The first kappa shape index (κ1) is 30.3. The molecule has 0 aliphatic carbocycles. The second kappa shape index (κ2) is 12.3. The van der Waals surface area contributed by atoms with Crippen LogP contribution in [0.2, 0.25) is 0 Å². The SMILES string of the molecule is CCOC(=O)c1cnc(N2CCN(c3ncc(CN(C(=O)OC(C)(C)C)C(=O)OC(C)(C)C)cn3)CC2)nc1N. The minimum absolute atomic E-state index is 0.0663. The van der Waals surface area contributed by atoms with E-state index in [0.29, 0.717) is 43.6 Å². The van der Waals surface area contributed by atoms with Crippen LogP contribution in [0.5, 0.6) is 0 Å². The molecule has 1 saturated heterocycles. The number of carbonyl (C=O) groups is 3. The molecule has 0 saturated carbocycles. The van der Waals surface area contributed by atoms with Crippen LogP contribution < -0.4 is 15.5 Å². The van der Waals surface area contributed by atoms with Crippen molar-refractivity contribution in [2.45, 2.75) is 66.2 Å². The van der Waals surface area contributed by atoms with Crippen molar-refractivity contribution in [3.05, 3.63) is 29.7 Å². The summed E-state index contributed by atoms with van der Waals surface area (Å²) in [6, 6.07) is 0. The van der Waals surface area contributed by atoms with Gasteiger partial charge in [0.05, 0.1) is 13.2 Å². The Kier molecular flexibility index (Phi) is 9.32. The Bertz CT molecular complexity index is 1170. The van der Waals surface area contributed by atoms with Crippen molar-refractivity contribution in [1.82, 2.24) is 24.8 Å². The largest absolute Gasteiger partial charge is 0.462 e. The zero-order valence-electron chi connectivity index (χ0n) is 24.1. The number of aromatic nitrogens is 4. The van der Waals surface area contributed by atoms with Gasteiger partial charge < -0.3 is 29.7 Å². The third-order valence-corrected chi connectivity index (χ3v) is 5.41. The zero-order chi connectivity index (χ0) is 29.7. The molecular formula is C26H38N8O6. The maximum atomic E-state index is 12.8. The minimum Gasteiger partial charge on any atom is -0.462 e. The van der Waals surface area contributed by atoms with Crippen LogP contribution in [-0.2, 0) is 20.8 Å². The summed E-state index contributed by atoms with van der Waals surface area (Å²) < 4.78 is 15.8. The number of nitrogens with two attached hydrogens (primary N) is 1. The Hall–Kier alpha value is -4.23. The number of piperazine rings is 1. The molecule has 0 aromatic carbocycles. The predicted octanol–water partition coefficient (Wildman–Crippen LogP) is 3.02. The van der Waals surface area contributed by atoms with Gasteiger partial charge in [-0.1, -0.05) is 0 Å². The summed E-state index contributed by atoms with van der Waals surface area (Å²) in [5, 5.41) is 0. The molecule has 218 valence electrons. The number of esters is 1. The maximum absolute atomic E-state index is 12.8. The molecular weight excluding hydrogens is 520 g/mol. The van der Waals surface area contributed by atoms with E-state index in [1.165, 1.54) is 6.20 Å². The highest BCUT2D eigenvalue weighted by Gasteiger charge is 2.31. The first-order valence-electron chi connectivity index (χ1n) is 13.0. The molecule has 0 radical (unpaired) electrons. The van der Waals surface area contributed by atoms with Crippen LogP contribution in [0.4, 0.5) is 27.3 Å². The van der Waals surface area contributed by atoms with Crippen LogP contribution in [-0.4, -0.2) is 87.0 Å². The van der Waals surface area contributed by atoms with Gasteiger partial charge in [-0.2, -0.15) is 4.98 Å². The fourth-order valence-electron chi connectivity index (χ4n) is 3.62. The molecule has 2 aromatic heterocycles. The number of hydrogen-bond donors (Lipinski definition) is 1. The van der Waals surface area contributed by atoms with E-state index in [2.05, 4.69) is 19.9 Å². The van der Waals surface area contributed by atoms with Crippen LogP contribution in [0, 0.1) is 0 Å². The average molecular weight is 559 g/mol. The fraction of sp³-hybridized carbons (Fsp3) is 0.577. The number of ether oxygens (including phenoxy) is 3. The molecule has 1 aliphatic rings. The van der Waals surface area contributed by atoms with Gasteiger partial charge in [-0.05, 0) is 48.5 Å². The summed E-state index contributed by atoms with van der Waals surface area (Å²) in [7, 11) is 0. The topological polar surface area (TPSA) is 166 Å². The van der Waals surface area contributed by atoms with Crippen molar-refractivity contribution < 1.29 is 28.6 Å². The van der Waals surface area contributed by atoms with Gasteiger partial charge in [0, 0.05) is 50.3 Å². The van der Waals surface area contributed by atoms with Crippen LogP contribution >= 0.6 is 0 Å². The molecule has 0 atom stereocenters. The van der Waals surface area contributed by atoms with Gasteiger partial charge in [0.1, 0.15) is 22.6 Å². The lowest BCUT2D eigenvalue weighted by Crippen LogP contribution is -2.47. The highest BCUT2D eigenvalue weighted by Crippen LogP contribution is 2.20. The first-order valence-corrected chi connectivity index (χ1v) is 13.0. The van der Waals surface area contributed by atoms with E-state index in [-0.39, 0.29) is 24.5 Å². The highest BCUT2D eigenvalue weighted by atomic mass is 16.6. The number of hydrogen-bond acceptors (Lipinski definition) is 13. The first-order chi connectivity index (χ1) is 18.7. The summed E-state index contributed by atoms with van der Waals surface area (Å²) in [5.74, 6) is 0.433. The molecule has 3 rings (SSSR count). The second-order valence-electron chi connectivity index (χ2n) is 11.1. The molecule has 0 spiro atoms. The summed E-state index contributed by atoms with van der Waals surface area (Å²) in [5.41, 5.74) is 5.03. The van der Waals surface area contributed by atoms with Crippen molar-refractivity contribution in [2.24, 2.45) is 0 Å². The van der Waals surface area contributed by atoms with E-state index < -0.39 is 29.4 Å². The van der Waals surface area contributed by atoms with E-state index >= 15 is 0 Å². The second-order valence-corrected chi connectivity index (χ2v) is 11.1. The van der Waals surface area contributed by atoms with Gasteiger partial charge in [-0.25, -0.2) is 34.2 Å². The summed E-state index contributed by atoms with van der Waals surface area (Å²) in [6.07, 6.45) is 2.87. The lowest BCUT2D eigenvalue weighted by atomic mass is 10.2. The molecule has 3 heterocycles. The molecule has 2 amide bonds. The minimum atomic E-state index is -0.819. The molecule has 40 heavy (non-hydrogen) atoms. The van der Waals surface area contributed by atoms with Crippen LogP contribution in [0.15, 0.2) is 18.6 Å². The Balaban J connectivity index is 1.64. The Morgan fingerprint density at radius 2 is 1.32 bits per heavy atom. The summed E-state index contributed by atoms with van der Waals surface area (Å²) in [6.45, 7) is 14.5. The van der Waals surface area contributed by atoms with Crippen molar-refractivity contribution in [3.63, 3.8) is 0 Å². The maximum Gasteiger partial charge on any atom is 0.420 e. The van der Waals surface area contributed by atoms with Crippen LogP contribution in [0.1, 0.15) is 64.4 Å². The predicted molar refractivity (Wildman–Crippen MR) is 147 cm³/mol. The number of nitrogen functional groups attached to an aromatic ring is 1. The Morgan fingerprint density at radius 3 is 1.77 bits per heavy atom. The van der Waals surface area contributed by atoms with Crippen molar-refractivity contribution in [1.29, 1.82) is 0 Å². The normalized spacial score (nSPS) is 14.0. The van der Waals surface area contributed by atoms with Gasteiger partial charge in [0.25, 0.3) is 0 Å². The van der Waals surface area contributed by atoms with Gasteiger partial charge >= 0.3 is 18.2 Å². The van der Waals surface area contributed by atoms with Gasteiger partial charge in [0.15, 0.2) is 0 Å². The van der Waals surface area contributed by atoms with Crippen molar-refractivity contribution in [3.8, 4) is 0 Å². The third-order valence-electron chi connectivity index (χ3n) is 5.41. The fourth-order valence-corrected chi connectivity index (χ4v) is 3.62. The zero-order valence-corrected chi connectivity index (χ0v) is 24.1. The lowest BCUT2D eigenvalue weighted by molar-refractivity contribution is -0.000315. The number of carbonyl (C=O) groups excluding carboxylic acids is 3. The van der Waals surface area contributed by atoms with E-state index in [1.807, 2.05) is 9.80 Å². The number of anilines is 3. The average Bonchev–Trinajstić information content (AvgIpc) is 2.85. The van der Waals surface area contributed by atoms with Gasteiger partial charge in [0.2, 0.25) is 11.9 Å². The summed E-state index contributed by atoms with van der Waals surface area (Å²) >= 11 is 0. The highest BCUT2D eigenvalue weighted by molar-refractivity contribution is 5.93. The van der Waals surface area contributed by atoms with Crippen LogP contribution in [0.3, 0.4) is 0 Å². The van der Waals surface area contributed by atoms with Gasteiger partial charge in [-0.15, -0.1) is 0 Å². The molecule has 1 aliphatic heterocycles. The molecule has 2 N–H and O–H groups in total. The quantitative estimate of drug-likeness (QED) is 0.406. The number of rotatable bonds is 6. The molecule has 2 aromatic rings. The number of nitrogens with zero attached hydrogens (tertiary/aromatic N) is 7. The standard InChI is InChI=1S/C26H38N8O6/c1-8-38-20(35)18-15-30-22(31-19(18)27)33-11-9-32(10-12-33)21-28-13-17(14-29-21)16-34(23(36)39-25(2,3)4)24(37)40-26(5,6)7/h13-15H,8-12,16H2,1-7H3,(H2,27,30,31). The third kappa shape index (κ3) is 8.38. The molecule has 1 fully saturated rings. The lowest BCUT2D eigenvalue weighted by Gasteiger charge is -2.34. The molecule has 0 unspecified atom stereocenters.